The number of aliphatic hydroxyl groups is 1. The summed E-state index contributed by atoms with van der Waals surface area (Å²) in [6, 6.07) is 24.4. The Morgan fingerprint density at radius 3 is 2.25 bits per heavy atom. The molecule has 6 nitrogen and oxygen atoms in total. The molecule has 4 aromatic rings. The van der Waals surface area contributed by atoms with Crippen molar-refractivity contribution in [1.82, 2.24) is 5.32 Å². The number of carbonyl (C=O) groups excluding carboxylic acids is 2. The number of benzene rings is 4. The number of aliphatic imine (C=N–C) groups is 1. The SMILES string of the molecule is O=C(N[C@H]1N=C(c2ccccc2)c2ccccc2NC1=O)C(c1ccc(F)cc1)C(CO)c1ccc(F)c(F)c1. The summed E-state index contributed by atoms with van der Waals surface area (Å²) in [5.41, 5.74) is 2.80. The highest BCUT2D eigenvalue weighted by molar-refractivity contribution is 6.19. The highest BCUT2D eigenvalue weighted by atomic mass is 19.2. The Hall–Kier alpha value is -4.76. The van der Waals surface area contributed by atoms with Gasteiger partial charge in [0.05, 0.1) is 23.9 Å². The average Bonchev–Trinajstić information content (AvgIpc) is 3.10. The van der Waals surface area contributed by atoms with Gasteiger partial charge in [0.15, 0.2) is 11.6 Å². The largest absolute Gasteiger partial charge is 0.396 e. The second kappa shape index (κ2) is 11.5. The van der Waals surface area contributed by atoms with Crippen molar-refractivity contribution < 1.29 is 27.9 Å². The number of nitrogens with one attached hydrogen (secondary N) is 2. The predicted molar refractivity (Wildman–Crippen MR) is 144 cm³/mol. The number of halogens is 3. The van der Waals surface area contributed by atoms with E-state index in [0.29, 0.717) is 22.5 Å². The number of para-hydroxylation sites is 1. The van der Waals surface area contributed by atoms with Gasteiger partial charge in [0.25, 0.3) is 5.91 Å². The molecule has 3 atom stereocenters. The van der Waals surface area contributed by atoms with Crippen LogP contribution in [0.1, 0.15) is 34.1 Å². The molecule has 0 spiro atoms. The quantitative estimate of drug-likeness (QED) is 0.310. The van der Waals surface area contributed by atoms with Gasteiger partial charge in [-0.05, 0) is 41.5 Å². The summed E-state index contributed by atoms with van der Waals surface area (Å²) in [4.78, 5) is 31.7. The lowest BCUT2D eigenvalue weighted by Gasteiger charge is -2.27. The molecule has 202 valence electrons. The van der Waals surface area contributed by atoms with Gasteiger partial charge in [-0.15, -0.1) is 0 Å². The van der Waals surface area contributed by atoms with Crippen molar-refractivity contribution in [3.63, 3.8) is 0 Å². The molecule has 0 aliphatic carbocycles. The summed E-state index contributed by atoms with van der Waals surface area (Å²) >= 11 is 0. The number of carbonyl (C=O) groups is 2. The number of amides is 2. The van der Waals surface area contributed by atoms with E-state index in [9.17, 15) is 27.9 Å². The second-order valence-electron chi connectivity index (χ2n) is 9.28. The highest BCUT2D eigenvalue weighted by Gasteiger charge is 2.35. The fraction of sp³-hybridized carbons (Fsp3) is 0.129. The van der Waals surface area contributed by atoms with E-state index in [1.54, 1.807) is 24.3 Å². The average molecular weight is 544 g/mol. The normalized spacial score (nSPS) is 16.1. The topological polar surface area (TPSA) is 90.8 Å². The van der Waals surface area contributed by atoms with Crippen LogP contribution in [0.25, 0.3) is 0 Å². The van der Waals surface area contributed by atoms with E-state index in [-0.39, 0.29) is 5.56 Å². The standard InChI is InChI=1S/C31H24F3N3O3/c32-21-13-10-18(11-14-21)27(23(17-38)20-12-15-24(33)25(34)16-20)30(39)37-29-31(40)35-26-9-5-4-8-22(26)28(36-29)19-6-2-1-3-7-19/h1-16,23,27,29,38H,17H2,(H,35,40)(H,37,39)/t23?,27?,29-/m1/s1. The van der Waals surface area contributed by atoms with Gasteiger partial charge in [0.2, 0.25) is 12.1 Å². The Morgan fingerprint density at radius 1 is 0.875 bits per heavy atom. The molecule has 40 heavy (non-hydrogen) atoms. The van der Waals surface area contributed by atoms with Gasteiger partial charge in [0, 0.05) is 17.0 Å². The minimum absolute atomic E-state index is 0.150. The van der Waals surface area contributed by atoms with Gasteiger partial charge in [-0.3, -0.25) is 9.59 Å². The summed E-state index contributed by atoms with van der Waals surface area (Å²) in [5, 5.41) is 15.8. The smallest absolute Gasteiger partial charge is 0.269 e. The first-order valence-electron chi connectivity index (χ1n) is 12.5. The van der Waals surface area contributed by atoms with Crippen LogP contribution in [0.3, 0.4) is 0 Å². The molecule has 2 amide bonds. The number of benzodiazepines with no additional fused rings is 1. The summed E-state index contributed by atoms with van der Waals surface area (Å²) in [6.45, 7) is -0.624. The van der Waals surface area contributed by atoms with E-state index >= 15 is 0 Å². The molecule has 3 N–H and O–H groups in total. The Balaban J connectivity index is 1.55. The molecule has 0 bridgehead atoms. The van der Waals surface area contributed by atoms with Crippen LogP contribution >= 0.6 is 0 Å². The van der Waals surface area contributed by atoms with Crippen LogP contribution in [-0.2, 0) is 9.59 Å². The first-order valence-corrected chi connectivity index (χ1v) is 12.5. The molecule has 0 saturated carbocycles. The summed E-state index contributed by atoms with van der Waals surface area (Å²) in [6.07, 6.45) is -1.37. The van der Waals surface area contributed by atoms with E-state index in [4.69, 9.17) is 0 Å². The van der Waals surface area contributed by atoms with E-state index in [2.05, 4.69) is 15.6 Å². The van der Waals surface area contributed by atoms with Crippen molar-refractivity contribution in [2.24, 2.45) is 4.99 Å². The lowest BCUT2D eigenvalue weighted by atomic mass is 9.81. The molecule has 1 aliphatic heterocycles. The number of aliphatic hydroxyl groups excluding tert-OH is 1. The van der Waals surface area contributed by atoms with Gasteiger partial charge in [-0.2, -0.15) is 0 Å². The maximum atomic E-state index is 14.1. The molecular formula is C31H24F3N3O3. The van der Waals surface area contributed by atoms with Crippen molar-refractivity contribution >= 4 is 23.2 Å². The van der Waals surface area contributed by atoms with Gasteiger partial charge >= 0.3 is 0 Å². The number of fused-ring (bicyclic) bond motifs is 1. The third kappa shape index (κ3) is 5.50. The number of hydrogen-bond acceptors (Lipinski definition) is 4. The number of anilines is 1. The summed E-state index contributed by atoms with van der Waals surface area (Å²) in [7, 11) is 0. The van der Waals surface area contributed by atoms with Crippen molar-refractivity contribution in [1.29, 1.82) is 0 Å². The van der Waals surface area contributed by atoms with Gasteiger partial charge in [-0.25, -0.2) is 18.2 Å². The minimum atomic E-state index is -1.37. The highest BCUT2D eigenvalue weighted by Crippen LogP contribution is 2.34. The van der Waals surface area contributed by atoms with Crippen LogP contribution in [0, 0.1) is 17.5 Å². The van der Waals surface area contributed by atoms with Crippen LogP contribution in [0.5, 0.6) is 0 Å². The Labute approximate surface area is 228 Å². The van der Waals surface area contributed by atoms with Gasteiger partial charge in [0.1, 0.15) is 5.82 Å². The van der Waals surface area contributed by atoms with Crippen LogP contribution in [-0.4, -0.2) is 35.4 Å². The van der Waals surface area contributed by atoms with Crippen LogP contribution in [0.4, 0.5) is 18.9 Å². The molecule has 0 saturated heterocycles. The van der Waals surface area contributed by atoms with Crippen molar-refractivity contribution in [3.05, 3.63) is 137 Å². The van der Waals surface area contributed by atoms with Crippen LogP contribution < -0.4 is 10.6 Å². The van der Waals surface area contributed by atoms with Crippen LogP contribution in [0.15, 0.2) is 102 Å². The van der Waals surface area contributed by atoms with E-state index in [1.807, 2.05) is 30.3 Å². The Morgan fingerprint density at radius 2 is 1.55 bits per heavy atom. The summed E-state index contributed by atoms with van der Waals surface area (Å²) in [5.74, 6) is -6.36. The molecule has 1 aliphatic rings. The van der Waals surface area contributed by atoms with E-state index in [1.165, 1.54) is 18.2 Å². The minimum Gasteiger partial charge on any atom is -0.396 e. The van der Waals surface area contributed by atoms with Crippen molar-refractivity contribution in [3.8, 4) is 0 Å². The number of hydrogen-bond donors (Lipinski definition) is 3. The molecule has 2 unspecified atom stereocenters. The first kappa shape index (κ1) is 26.8. The van der Waals surface area contributed by atoms with Crippen molar-refractivity contribution in [2.75, 3.05) is 11.9 Å². The third-order valence-corrected chi connectivity index (χ3v) is 6.76. The molecule has 0 radical (unpaired) electrons. The maximum Gasteiger partial charge on any atom is 0.269 e. The second-order valence-corrected chi connectivity index (χ2v) is 9.28. The fourth-order valence-electron chi connectivity index (χ4n) is 4.79. The zero-order valence-corrected chi connectivity index (χ0v) is 21.0. The van der Waals surface area contributed by atoms with Gasteiger partial charge < -0.3 is 15.7 Å². The number of rotatable bonds is 7. The summed E-state index contributed by atoms with van der Waals surface area (Å²) < 4.78 is 41.5. The zero-order valence-electron chi connectivity index (χ0n) is 21.0. The first-order chi connectivity index (χ1) is 19.4. The molecule has 1 heterocycles. The molecular weight excluding hydrogens is 519 g/mol. The van der Waals surface area contributed by atoms with E-state index in [0.717, 1.165) is 29.8 Å². The van der Waals surface area contributed by atoms with Crippen molar-refractivity contribution in [2.45, 2.75) is 18.0 Å². The lowest BCUT2D eigenvalue weighted by Crippen LogP contribution is -2.45. The molecule has 0 aromatic heterocycles. The molecule has 4 aromatic carbocycles. The fourth-order valence-corrected chi connectivity index (χ4v) is 4.79. The Bertz CT molecular complexity index is 1580. The van der Waals surface area contributed by atoms with Gasteiger partial charge in [-0.1, -0.05) is 66.7 Å². The third-order valence-electron chi connectivity index (χ3n) is 6.76. The predicted octanol–water partition coefficient (Wildman–Crippen LogP) is 4.90. The monoisotopic (exact) mass is 543 g/mol. The lowest BCUT2D eigenvalue weighted by molar-refractivity contribution is -0.127. The van der Waals surface area contributed by atoms with Crippen LogP contribution in [0.2, 0.25) is 0 Å². The molecule has 9 heteroatoms. The molecule has 5 rings (SSSR count). The van der Waals surface area contributed by atoms with E-state index < -0.39 is 53.9 Å². The molecule has 0 fully saturated rings. The number of nitrogens with zero attached hydrogens (tertiary/aromatic N) is 1. The zero-order chi connectivity index (χ0) is 28.2. The Kier molecular flexibility index (Phi) is 7.75. The maximum absolute atomic E-state index is 14.1.